The number of benzene rings is 2. The van der Waals surface area contributed by atoms with Gasteiger partial charge in [-0.05, 0) is 17.2 Å². The van der Waals surface area contributed by atoms with Crippen molar-refractivity contribution in [2.75, 3.05) is 7.11 Å². The van der Waals surface area contributed by atoms with E-state index in [1.165, 1.54) is 7.11 Å². The largest absolute Gasteiger partial charge is 0.467 e. The highest BCUT2D eigenvalue weighted by atomic mass is 16.5. The topological polar surface area (TPSA) is 71.2 Å². The summed E-state index contributed by atoms with van der Waals surface area (Å²) >= 11 is 0. The van der Waals surface area contributed by atoms with Crippen LogP contribution in [0.15, 0.2) is 60.8 Å². The molecule has 1 atom stereocenters. The molecular weight excluding hydrogens is 304 g/mol. The van der Waals surface area contributed by atoms with Crippen molar-refractivity contribution in [3.05, 3.63) is 71.9 Å². The fourth-order valence-electron chi connectivity index (χ4n) is 2.70. The Morgan fingerprint density at radius 2 is 1.79 bits per heavy atom. The maximum Gasteiger partial charge on any atom is 0.333 e. The molecule has 0 aliphatic heterocycles. The summed E-state index contributed by atoms with van der Waals surface area (Å²) in [5.41, 5.74) is 2.56. The van der Waals surface area contributed by atoms with Gasteiger partial charge in [-0.2, -0.15) is 0 Å². The molecule has 5 heteroatoms. The van der Waals surface area contributed by atoms with Crippen LogP contribution in [0.4, 0.5) is 0 Å². The lowest BCUT2D eigenvalue weighted by Crippen LogP contribution is -2.35. The predicted octanol–water partition coefficient (Wildman–Crippen LogP) is 2.74. The Morgan fingerprint density at radius 3 is 2.54 bits per heavy atom. The number of methoxy groups -OCH3 is 1. The van der Waals surface area contributed by atoms with E-state index in [9.17, 15) is 9.59 Å². The number of aromatic amines is 1. The summed E-state index contributed by atoms with van der Waals surface area (Å²) in [6, 6.07) is 16.0. The van der Waals surface area contributed by atoms with Crippen LogP contribution in [0.5, 0.6) is 0 Å². The molecule has 0 spiro atoms. The number of fused-ring (bicyclic) bond motifs is 1. The van der Waals surface area contributed by atoms with Gasteiger partial charge in [0.2, 0.25) is 5.91 Å². The molecule has 0 fully saturated rings. The maximum atomic E-state index is 12.4. The molecule has 3 rings (SSSR count). The second-order valence-corrected chi connectivity index (χ2v) is 5.47. The molecule has 0 aliphatic carbocycles. The van der Waals surface area contributed by atoms with E-state index in [-0.39, 0.29) is 12.3 Å². The van der Waals surface area contributed by atoms with Crippen LogP contribution in [0.2, 0.25) is 0 Å². The Labute approximate surface area is 139 Å². The third kappa shape index (κ3) is 3.30. The van der Waals surface area contributed by atoms with E-state index in [1.54, 1.807) is 12.1 Å². The number of nitrogens with one attached hydrogen (secondary N) is 2. The van der Waals surface area contributed by atoms with Crippen LogP contribution in [0.1, 0.15) is 17.2 Å². The molecule has 5 nitrogen and oxygen atoms in total. The first-order valence-electron chi connectivity index (χ1n) is 7.66. The molecule has 1 heterocycles. The van der Waals surface area contributed by atoms with Gasteiger partial charge in [-0.25, -0.2) is 4.79 Å². The van der Waals surface area contributed by atoms with E-state index in [0.717, 1.165) is 16.5 Å². The van der Waals surface area contributed by atoms with Gasteiger partial charge in [0.25, 0.3) is 0 Å². The van der Waals surface area contributed by atoms with E-state index in [2.05, 4.69) is 10.3 Å². The third-order valence-electron chi connectivity index (χ3n) is 3.90. The van der Waals surface area contributed by atoms with Crippen LogP contribution in [-0.2, 0) is 20.7 Å². The Morgan fingerprint density at radius 1 is 1.08 bits per heavy atom. The SMILES string of the molecule is COC(=O)C(NC(=O)Cc1c[nH]c2ccccc12)c1ccccc1. The number of amides is 1. The minimum absolute atomic E-state index is 0.185. The Bertz CT molecular complexity index is 855. The normalized spacial score (nSPS) is 11.9. The van der Waals surface area contributed by atoms with Gasteiger partial charge in [-0.3, -0.25) is 4.79 Å². The van der Waals surface area contributed by atoms with E-state index in [4.69, 9.17) is 4.74 Å². The lowest BCUT2D eigenvalue weighted by atomic mass is 10.1. The van der Waals surface area contributed by atoms with Crippen LogP contribution in [0, 0.1) is 0 Å². The summed E-state index contributed by atoms with van der Waals surface area (Å²) in [4.78, 5) is 27.6. The lowest BCUT2D eigenvalue weighted by Gasteiger charge is -2.16. The zero-order valence-corrected chi connectivity index (χ0v) is 13.3. The molecule has 1 amide bonds. The zero-order valence-electron chi connectivity index (χ0n) is 13.3. The first kappa shape index (κ1) is 15.8. The standard InChI is InChI=1S/C19H18N2O3/c1-24-19(23)18(13-7-3-2-4-8-13)21-17(22)11-14-12-20-16-10-6-5-9-15(14)16/h2-10,12,18,20H,11H2,1H3,(H,21,22). The highest BCUT2D eigenvalue weighted by molar-refractivity contribution is 5.91. The van der Waals surface area contributed by atoms with Crippen molar-refractivity contribution in [3.8, 4) is 0 Å². The lowest BCUT2D eigenvalue weighted by molar-refractivity contribution is -0.145. The molecule has 3 aromatic rings. The zero-order chi connectivity index (χ0) is 16.9. The van der Waals surface area contributed by atoms with Crippen molar-refractivity contribution >= 4 is 22.8 Å². The number of rotatable bonds is 5. The van der Waals surface area contributed by atoms with Crippen molar-refractivity contribution in [2.45, 2.75) is 12.5 Å². The van der Waals surface area contributed by atoms with Crippen molar-refractivity contribution in [1.29, 1.82) is 0 Å². The van der Waals surface area contributed by atoms with Gasteiger partial charge in [0.05, 0.1) is 13.5 Å². The minimum atomic E-state index is -0.811. The molecule has 1 unspecified atom stereocenters. The van der Waals surface area contributed by atoms with Crippen molar-refractivity contribution < 1.29 is 14.3 Å². The number of esters is 1. The van der Waals surface area contributed by atoms with Gasteiger partial charge in [0.1, 0.15) is 0 Å². The van der Waals surface area contributed by atoms with Crippen LogP contribution in [-0.4, -0.2) is 24.0 Å². The second-order valence-electron chi connectivity index (χ2n) is 5.47. The fourth-order valence-corrected chi connectivity index (χ4v) is 2.70. The average molecular weight is 322 g/mol. The van der Waals surface area contributed by atoms with Crippen LogP contribution < -0.4 is 5.32 Å². The number of aromatic nitrogens is 1. The molecule has 2 aromatic carbocycles. The van der Waals surface area contributed by atoms with Crippen molar-refractivity contribution in [2.24, 2.45) is 0 Å². The number of hydrogen-bond donors (Lipinski definition) is 2. The first-order valence-corrected chi connectivity index (χ1v) is 7.66. The molecule has 0 radical (unpaired) electrons. The summed E-state index contributed by atoms with van der Waals surface area (Å²) in [7, 11) is 1.31. The van der Waals surface area contributed by atoms with E-state index < -0.39 is 12.0 Å². The molecule has 0 saturated heterocycles. The Hall–Kier alpha value is -3.08. The number of carbonyl (C=O) groups is 2. The third-order valence-corrected chi connectivity index (χ3v) is 3.90. The number of hydrogen-bond acceptors (Lipinski definition) is 3. The summed E-state index contributed by atoms with van der Waals surface area (Å²) in [6.07, 6.45) is 2.00. The molecule has 0 bridgehead atoms. The first-order chi connectivity index (χ1) is 11.7. The van der Waals surface area contributed by atoms with Crippen LogP contribution >= 0.6 is 0 Å². The Kier molecular flexibility index (Phi) is 4.61. The molecular formula is C19H18N2O3. The Balaban J connectivity index is 1.77. The monoisotopic (exact) mass is 322 g/mol. The number of para-hydroxylation sites is 1. The van der Waals surface area contributed by atoms with Gasteiger partial charge in [-0.1, -0.05) is 48.5 Å². The second kappa shape index (κ2) is 7.00. The van der Waals surface area contributed by atoms with E-state index in [1.807, 2.05) is 48.7 Å². The van der Waals surface area contributed by atoms with Crippen LogP contribution in [0.25, 0.3) is 10.9 Å². The smallest absolute Gasteiger partial charge is 0.333 e. The molecule has 0 aliphatic rings. The molecule has 122 valence electrons. The van der Waals surface area contributed by atoms with Gasteiger partial charge >= 0.3 is 5.97 Å². The van der Waals surface area contributed by atoms with Crippen molar-refractivity contribution in [1.82, 2.24) is 10.3 Å². The van der Waals surface area contributed by atoms with E-state index in [0.29, 0.717) is 5.56 Å². The predicted molar refractivity (Wildman–Crippen MR) is 91.3 cm³/mol. The fraction of sp³-hybridized carbons (Fsp3) is 0.158. The van der Waals surface area contributed by atoms with Gasteiger partial charge in [0.15, 0.2) is 6.04 Å². The summed E-state index contributed by atoms with van der Waals surface area (Å²) in [6.45, 7) is 0. The quantitative estimate of drug-likeness (QED) is 0.710. The summed E-state index contributed by atoms with van der Waals surface area (Å²) in [5, 5.41) is 3.76. The highest BCUT2D eigenvalue weighted by Gasteiger charge is 2.23. The number of carbonyl (C=O) groups excluding carboxylic acids is 2. The molecule has 2 N–H and O–H groups in total. The van der Waals surface area contributed by atoms with Gasteiger partial charge in [0, 0.05) is 17.1 Å². The number of ether oxygens (including phenoxy) is 1. The maximum absolute atomic E-state index is 12.4. The van der Waals surface area contributed by atoms with Gasteiger partial charge in [-0.15, -0.1) is 0 Å². The highest BCUT2D eigenvalue weighted by Crippen LogP contribution is 2.19. The van der Waals surface area contributed by atoms with Gasteiger partial charge < -0.3 is 15.0 Å². The summed E-state index contributed by atoms with van der Waals surface area (Å²) in [5.74, 6) is -0.729. The minimum Gasteiger partial charge on any atom is -0.467 e. The molecule has 24 heavy (non-hydrogen) atoms. The number of H-pyrrole nitrogens is 1. The van der Waals surface area contributed by atoms with Crippen LogP contribution in [0.3, 0.4) is 0 Å². The van der Waals surface area contributed by atoms with E-state index >= 15 is 0 Å². The van der Waals surface area contributed by atoms with Crippen molar-refractivity contribution in [3.63, 3.8) is 0 Å². The molecule has 1 aromatic heterocycles. The molecule has 0 saturated carbocycles. The average Bonchev–Trinajstić information content (AvgIpc) is 3.03. The summed E-state index contributed by atoms with van der Waals surface area (Å²) < 4.78 is 4.81.